The van der Waals surface area contributed by atoms with Crippen molar-refractivity contribution < 1.29 is 32.6 Å². The molecule has 0 saturated heterocycles. The molecule has 0 spiro atoms. The third-order valence-corrected chi connectivity index (χ3v) is 7.49. The molecule has 37 heavy (non-hydrogen) atoms. The molecule has 0 radical (unpaired) electrons. The van der Waals surface area contributed by atoms with Crippen molar-refractivity contribution in [3.05, 3.63) is 84.1 Å². The Hall–Kier alpha value is -3.73. The van der Waals surface area contributed by atoms with Gasteiger partial charge in [0.15, 0.2) is 14.9 Å². The smallest absolute Gasteiger partial charge is 0.326 e. The zero-order chi connectivity index (χ0) is 26.6. The molecule has 7 nitrogen and oxygen atoms in total. The summed E-state index contributed by atoms with van der Waals surface area (Å²) >= 11 is 0. The van der Waals surface area contributed by atoms with Gasteiger partial charge in [-0.25, -0.2) is 13.4 Å². The van der Waals surface area contributed by atoms with E-state index in [0.29, 0.717) is 16.2 Å². The summed E-state index contributed by atoms with van der Waals surface area (Å²) in [7, 11) is -3.44. The van der Waals surface area contributed by atoms with Crippen molar-refractivity contribution in [2.75, 3.05) is 22.5 Å². The number of hydrogen-bond acceptors (Lipinski definition) is 5. The number of halogens is 3. The molecular formula is C26H26F3N3O4S. The number of sulfone groups is 1. The number of pyridine rings is 1. The van der Waals surface area contributed by atoms with Crippen molar-refractivity contribution in [2.24, 2.45) is 5.92 Å². The fourth-order valence-corrected chi connectivity index (χ4v) is 5.30. The minimum atomic E-state index is -4.59. The molecule has 3 aromatic rings. The Bertz CT molecular complexity index is 1360. The first-order chi connectivity index (χ1) is 17.5. The zero-order valence-corrected chi connectivity index (χ0v) is 20.4. The average molecular weight is 534 g/mol. The highest BCUT2D eigenvalue weighted by Gasteiger charge is 2.34. The Labute approximate surface area is 213 Å². The van der Waals surface area contributed by atoms with Gasteiger partial charge < -0.3 is 5.32 Å². The molecule has 0 atom stereocenters. The fraction of sp³-hybridized carbons (Fsp3) is 0.269. The molecule has 1 N–H and O–H groups in total. The Morgan fingerprint density at radius 2 is 1.68 bits per heavy atom. The van der Waals surface area contributed by atoms with E-state index in [1.54, 1.807) is 18.2 Å². The van der Waals surface area contributed by atoms with Crippen LogP contribution in [0.5, 0.6) is 0 Å². The Kier molecular flexibility index (Phi) is 7.63. The van der Waals surface area contributed by atoms with Crippen molar-refractivity contribution >= 4 is 33.0 Å². The maximum atomic E-state index is 13.1. The van der Waals surface area contributed by atoms with Crippen LogP contribution in [0.25, 0.3) is 0 Å². The van der Waals surface area contributed by atoms with E-state index in [1.165, 1.54) is 54.7 Å². The number of benzene rings is 2. The molecule has 2 aromatic carbocycles. The molecule has 1 saturated carbocycles. The largest absolute Gasteiger partial charge is 0.406 e. The van der Waals surface area contributed by atoms with Gasteiger partial charge in [0.2, 0.25) is 5.91 Å². The van der Waals surface area contributed by atoms with E-state index < -0.39 is 34.4 Å². The molecule has 0 bridgehead atoms. The monoisotopic (exact) mass is 533 g/mol. The SMILES string of the molecule is O=C(Cc1ccc(S(=O)(=O)CC2CC2)nc1)Nc1ccc(C(=O)N(CC(F)(F)F)c2ccccc2)cc1.[HH]. The first-order valence-electron chi connectivity index (χ1n) is 11.5. The number of rotatable bonds is 9. The maximum absolute atomic E-state index is 13.1. The number of para-hydroxylation sites is 1. The Balaban J connectivity index is 0.00000400. The average Bonchev–Trinajstić information content (AvgIpc) is 3.66. The molecule has 196 valence electrons. The maximum Gasteiger partial charge on any atom is 0.406 e. The molecule has 1 fully saturated rings. The predicted octanol–water partition coefficient (Wildman–Crippen LogP) is 4.90. The van der Waals surface area contributed by atoms with Gasteiger partial charge in [-0.15, -0.1) is 0 Å². The van der Waals surface area contributed by atoms with Gasteiger partial charge in [-0.2, -0.15) is 13.2 Å². The summed E-state index contributed by atoms with van der Waals surface area (Å²) in [5.41, 5.74) is 1.00. The van der Waals surface area contributed by atoms with Gasteiger partial charge in [0.1, 0.15) is 6.54 Å². The standard InChI is InChI=1S/C26H24F3N3O4S.H2/c27-26(28,29)17-32(22-4-2-1-3-5-22)25(34)20-9-11-21(12-10-20)31-23(33)14-19-8-13-24(30-15-19)37(35,36)16-18-6-7-18;/h1-5,8-13,15,18H,6-7,14,16-17H2,(H,31,33);1H. The van der Waals surface area contributed by atoms with Gasteiger partial charge in [-0.05, 0) is 66.8 Å². The minimum Gasteiger partial charge on any atom is -0.326 e. The molecule has 1 aromatic heterocycles. The lowest BCUT2D eigenvalue weighted by Gasteiger charge is -2.24. The van der Waals surface area contributed by atoms with Gasteiger partial charge >= 0.3 is 6.18 Å². The number of amides is 2. The predicted molar refractivity (Wildman–Crippen MR) is 134 cm³/mol. The minimum absolute atomic E-state index is 0. The lowest BCUT2D eigenvalue weighted by atomic mass is 10.1. The van der Waals surface area contributed by atoms with E-state index in [2.05, 4.69) is 10.3 Å². The Morgan fingerprint density at radius 3 is 2.24 bits per heavy atom. The van der Waals surface area contributed by atoms with Crippen molar-refractivity contribution in [1.29, 1.82) is 0 Å². The number of carbonyl (C=O) groups is 2. The number of hydrogen-bond donors (Lipinski definition) is 1. The summed E-state index contributed by atoms with van der Waals surface area (Å²) in [6, 6.07) is 16.0. The molecular weight excluding hydrogens is 507 g/mol. The lowest BCUT2D eigenvalue weighted by Crippen LogP contribution is -2.39. The van der Waals surface area contributed by atoms with Crippen LogP contribution in [0, 0.1) is 5.92 Å². The van der Waals surface area contributed by atoms with E-state index in [9.17, 15) is 31.2 Å². The first kappa shape index (κ1) is 26.3. The summed E-state index contributed by atoms with van der Waals surface area (Å²) in [6.45, 7) is -1.44. The normalized spacial score (nSPS) is 13.7. The van der Waals surface area contributed by atoms with Crippen LogP contribution in [-0.2, 0) is 21.1 Å². The molecule has 1 aliphatic carbocycles. The highest BCUT2D eigenvalue weighted by molar-refractivity contribution is 7.91. The molecule has 11 heteroatoms. The van der Waals surface area contributed by atoms with Crippen LogP contribution >= 0.6 is 0 Å². The summed E-state index contributed by atoms with van der Waals surface area (Å²) in [6.07, 6.45) is -1.49. The lowest BCUT2D eigenvalue weighted by molar-refractivity contribution is -0.118. The number of nitrogens with zero attached hydrogens (tertiary/aromatic N) is 2. The second kappa shape index (κ2) is 10.7. The van der Waals surface area contributed by atoms with Gasteiger partial charge in [-0.1, -0.05) is 24.3 Å². The molecule has 0 aliphatic heterocycles. The van der Waals surface area contributed by atoms with Gasteiger partial charge in [0, 0.05) is 24.6 Å². The van der Waals surface area contributed by atoms with Crippen LogP contribution in [0.1, 0.15) is 30.2 Å². The van der Waals surface area contributed by atoms with Crippen LogP contribution in [0.3, 0.4) is 0 Å². The van der Waals surface area contributed by atoms with Crippen LogP contribution in [0.2, 0.25) is 0 Å². The number of nitrogens with one attached hydrogen (secondary N) is 1. The third kappa shape index (κ3) is 7.39. The summed E-state index contributed by atoms with van der Waals surface area (Å²) in [5.74, 6) is -0.955. The van der Waals surface area contributed by atoms with Gasteiger partial charge in [0.05, 0.1) is 12.2 Å². The van der Waals surface area contributed by atoms with Crippen LogP contribution in [0.15, 0.2) is 78.0 Å². The number of anilines is 2. The summed E-state index contributed by atoms with van der Waals surface area (Å²) in [4.78, 5) is 29.9. The van der Waals surface area contributed by atoms with E-state index in [0.717, 1.165) is 12.8 Å². The highest BCUT2D eigenvalue weighted by Crippen LogP contribution is 2.32. The van der Waals surface area contributed by atoms with Gasteiger partial charge in [0.25, 0.3) is 5.91 Å². The summed E-state index contributed by atoms with van der Waals surface area (Å²) < 4.78 is 63.9. The summed E-state index contributed by atoms with van der Waals surface area (Å²) in [5, 5.41) is 2.63. The second-order valence-corrected chi connectivity index (χ2v) is 10.9. The third-order valence-electron chi connectivity index (χ3n) is 5.70. The number of aromatic nitrogens is 1. The van der Waals surface area contributed by atoms with Crippen molar-refractivity contribution in [3.63, 3.8) is 0 Å². The highest BCUT2D eigenvalue weighted by atomic mass is 32.2. The fourth-order valence-electron chi connectivity index (χ4n) is 3.69. The first-order valence-corrected chi connectivity index (χ1v) is 13.2. The van der Waals surface area contributed by atoms with Crippen LogP contribution in [-0.4, -0.2) is 43.7 Å². The van der Waals surface area contributed by atoms with E-state index in [-0.39, 0.29) is 35.8 Å². The zero-order valence-electron chi connectivity index (χ0n) is 19.6. The second-order valence-electron chi connectivity index (χ2n) is 8.87. The molecule has 1 heterocycles. The van der Waals surface area contributed by atoms with Crippen LogP contribution < -0.4 is 10.2 Å². The van der Waals surface area contributed by atoms with Crippen molar-refractivity contribution in [3.8, 4) is 0 Å². The van der Waals surface area contributed by atoms with E-state index in [1.807, 2.05) is 0 Å². The van der Waals surface area contributed by atoms with E-state index >= 15 is 0 Å². The Morgan fingerprint density at radius 1 is 1.00 bits per heavy atom. The molecule has 2 amide bonds. The number of alkyl halides is 3. The quantitative estimate of drug-likeness (QED) is 0.422. The topological polar surface area (TPSA) is 96.4 Å². The molecule has 1 aliphatic rings. The molecule has 4 rings (SSSR count). The molecule has 0 unspecified atom stereocenters. The van der Waals surface area contributed by atoms with Crippen molar-refractivity contribution in [1.82, 2.24) is 4.98 Å². The number of carbonyl (C=O) groups excluding carboxylic acids is 2. The van der Waals surface area contributed by atoms with Crippen LogP contribution in [0.4, 0.5) is 24.5 Å². The van der Waals surface area contributed by atoms with Gasteiger partial charge in [-0.3, -0.25) is 14.5 Å². The van der Waals surface area contributed by atoms with E-state index in [4.69, 9.17) is 0 Å². The van der Waals surface area contributed by atoms with Crippen molar-refractivity contribution in [2.45, 2.75) is 30.5 Å².